The topological polar surface area (TPSA) is 0 Å². The Bertz CT molecular complexity index is 39.2. The van der Waals surface area contributed by atoms with Crippen LogP contribution in [-0.4, -0.2) is 0 Å². The van der Waals surface area contributed by atoms with Crippen molar-refractivity contribution < 1.29 is 0 Å². The third-order valence-corrected chi connectivity index (χ3v) is 1.39. The molecule has 0 bridgehead atoms. The Morgan fingerprint density at radius 3 is 0.786 bits per heavy atom. The molecule has 14 heavy (non-hydrogen) atoms. The van der Waals surface area contributed by atoms with Crippen LogP contribution in [0, 0.1) is 11.8 Å². The summed E-state index contributed by atoms with van der Waals surface area (Å²) in [4.78, 5) is 0. The minimum Gasteiger partial charge on any atom is -0.0776 e. The maximum atomic E-state index is 2.28. The Balaban J connectivity index is -0.0000000185. The molecule has 0 aromatic heterocycles. The fourth-order valence-electron chi connectivity index (χ4n) is 0.289. The van der Waals surface area contributed by atoms with E-state index in [1.807, 2.05) is 0 Å². The summed E-state index contributed by atoms with van der Waals surface area (Å²) in [6.07, 6.45) is 2.66. The molecule has 0 heterocycles. The van der Waals surface area contributed by atoms with Gasteiger partial charge in [0.05, 0.1) is 0 Å². The monoisotopic (exact) mass is 208 g/mol. The summed E-state index contributed by atoms with van der Waals surface area (Å²) >= 11 is 0. The summed E-state index contributed by atoms with van der Waals surface area (Å²) in [7, 11) is 0. The van der Waals surface area contributed by atoms with Crippen molar-refractivity contribution in [3.63, 3.8) is 0 Å². The molecule has 0 aliphatic carbocycles. The predicted molar refractivity (Wildman–Crippen MR) is 77.2 cm³/mol. The fraction of sp³-hybridized carbons (Fsp3) is 1.00. The molecule has 0 aliphatic rings. The van der Waals surface area contributed by atoms with Gasteiger partial charge in [0.15, 0.2) is 0 Å². The van der Waals surface area contributed by atoms with Gasteiger partial charge < -0.3 is 0 Å². The number of hydrogen-bond acceptors (Lipinski definition) is 0. The van der Waals surface area contributed by atoms with Gasteiger partial charge in [0.25, 0.3) is 0 Å². The van der Waals surface area contributed by atoms with Crippen LogP contribution in [-0.2, 0) is 0 Å². The lowest BCUT2D eigenvalue weighted by molar-refractivity contribution is 0.544. The van der Waals surface area contributed by atoms with E-state index >= 15 is 0 Å². The lowest BCUT2D eigenvalue weighted by atomic mass is 10.1. The first-order valence-corrected chi connectivity index (χ1v) is 4.54. The van der Waals surface area contributed by atoms with Crippen molar-refractivity contribution >= 4 is 0 Å². The molecular weight excluding hydrogens is 168 g/mol. The second-order valence-corrected chi connectivity index (χ2v) is 3.65. The number of hydrogen-bond donors (Lipinski definition) is 0. The smallest absolute Gasteiger partial charge is 0.0448 e. The molecule has 0 aliphatic heterocycles. The standard InChI is InChI=1S/C6H14.C4H10.4CH4/c1-4-6(3)5-2;1-4(2)3;;;;/h6H,4-5H2,1-3H3;4H,1-3H3;4*1H4. The minimum absolute atomic E-state index is 0. The summed E-state index contributed by atoms with van der Waals surface area (Å²) in [6, 6.07) is 0. The molecule has 0 aromatic rings. The maximum absolute atomic E-state index is 2.28. The van der Waals surface area contributed by atoms with E-state index in [0.717, 1.165) is 11.8 Å². The molecule has 0 radical (unpaired) electrons. The highest BCUT2D eigenvalue weighted by Gasteiger charge is 1.88. The maximum Gasteiger partial charge on any atom is -0.0448 e. The van der Waals surface area contributed by atoms with Gasteiger partial charge in [-0.2, -0.15) is 0 Å². The zero-order valence-electron chi connectivity index (χ0n) is 8.57. The average molecular weight is 208 g/mol. The van der Waals surface area contributed by atoms with E-state index in [4.69, 9.17) is 0 Å². The molecular formula is C14H40. The van der Waals surface area contributed by atoms with E-state index in [1.54, 1.807) is 0 Å². The van der Waals surface area contributed by atoms with E-state index < -0.39 is 0 Å². The van der Waals surface area contributed by atoms with Crippen LogP contribution in [0.25, 0.3) is 0 Å². The van der Waals surface area contributed by atoms with Crippen LogP contribution in [0.3, 0.4) is 0 Å². The van der Waals surface area contributed by atoms with Crippen LogP contribution in [0.2, 0.25) is 0 Å². The lowest BCUT2D eigenvalue weighted by Gasteiger charge is -1.98. The first-order chi connectivity index (χ1) is 4.54. The quantitative estimate of drug-likeness (QED) is 0.476. The van der Waals surface area contributed by atoms with Crippen molar-refractivity contribution in [3.05, 3.63) is 0 Å². The number of rotatable bonds is 2. The van der Waals surface area contributed by atoms with Gasteiger partial charge in [-0.15, -0.1) is 0 Å². The van der Waals surface area contributed by atoms with Gasteiger partial charge in [-0.25, -0.2) is 0 Å². The van der Waals surface area contributed by atoms with Gasteiger partial charge in [-0.3, -0.25) is 0 Å². The van der Waals surface area contributed by atoms with Crippen LogP contribution in [0.4, 0.5) is 0 Å². The summed E-state index contributed by atoms with van der Waals surface area (Å²) in [5, 5.41) is 0. The molecule has 0 rings (SSSR count). The van der Waals surface area contributed by atoms with Crippen molar-refractivity contribution in [1.29, 1.82) is 0 Å². The average Bonchev–Trinajstić information content (AvgIpc) is 1.85. The Morgan fingerprint density at radius 2 is 0.786 bits per heavy atom. The van der Waals surface area contributed by atoms with E-state index in [2.05, 4.69) is 41.5 Å². The van der Waals surface area contributed by atoms with Crippen molar-refractivity contribution in [2.45, 2.75) is 84.1 Å². The van der Waals surface area contributed by atoms with E-state index in [-0.39, 0.29) is 29.7 Å². The first-order valence-electron chi connectivity index (χ1n) is 4.54. The SMILES string of the molecule is C.C.C.C.CC(C)C.CCC(C)CC. The molecule has 0 atom stereocenters. The largest absolute Gasteiger partial charge is 0.0776 e. The predicted octanol–water partition coefficient (Wildman–Crippen LogP) is 6.65. The second-order valence-electron chi connectivity index (χ2n) is 3.65. The molecule has 0 aromatic carbocycles. The van der Waals surface area contributed by atoms with Gasteiger partial charge in [-0.1, -0.05) is 84.1 Å². The van der Waals surface area contributed by atoms with Crippen LogP contribution in [0.1, 0.15) is 84.1 Å². The zero-order chi connectivity index (χ0) is 8.57. The molecule has 0 nitrogen and oxygen atoms in total. The van der Waals surface area contributed by atoms with Crippen LogP contribution >= 0.6 is 0 Å². The highest BCUT2D eigenvalue weighted by Crippen LogP contribution is 2.02. The lowest BCUT2D eigenvalue weighted by Crippen LogP contribution is -1.85. The summed E-state index contributed by atoms with van der Waals surface area (Å²) < 4.78 is 0. The highest BCUT2D eigenvalue weighted by atomic mass is 13.9. The Kier molecular flexibility index (Phi) is 77.2. The summed E-state index contributed by atoms with van der Waals surface area (Å²) in [5.41, 5.74) is 0. The Labute approximate surface area is 96.5 Å². The molecule has 0 N–H and O–H groups in total. The van der Waals surface area contributed by atoms with E-state index in [1.165, 1.54) is 12.8 Å². The second kappa shape index (κ2) is 29.2. The van der Waals surface area contributed by atoms with Gasteiger partial charge >= 0.3 is 0 Å². The molecule has 0 heteroatoms. The molecule has 0 spiro atoms. The first kappa shape index (κ1) is 37.0. The highest BCUT2D eigenvalue weighted by molar-refractivity contribution is 4.41. The Hall–Kier alpha value is 0. The third kappa shape index (κ3) is 90.8. The molecule has 0 saturated heterocycles. The van der Waals surface area contributed by atoms with Crippen LogP contribution < -0.4 is 0 Å². The van der Waals surface area contributed by atoms with Gasteiger partial charge in [0.2, 0.25) is 0 Å². The molecule has 96 valence electrons. The molecule has 0 saturated carbocycles. The normalized spacial score (nSPS) is 6.86. The van der Waals surface area contributed by atoms with Gasteiger partial charge in [0, 0.05) is 0 Å². The zero-order valence-corrected chi connectivity index (χ0v) is 8.57. The third-order valence-electron chi connectivity index (χ3n) is 1.39. The Morgan fingerprint density at radius 1 is 0.643 bits per heavy atom. The molecule has 0 amide bonds. The van der Waals surface area contributed by atoms with Crippen molar-refractivity contribution in [3.8, 4) is 0 Å². The van der Waals surface area contributed by atoms with Crippen LogP contribution in [0.5, 0.6) is 0 Å². The van der Waals surface area contributed by atoms with E-state index in [0.29, 0.717) is 0 Å². The summed E-state index contributed by atoms with van der Waals surface area (Å²) in [6.45, 7) is 13.2. The summed E-state index contributed by atoms with van der Waals surface area (Å²) in [5.74, 6) is 1.77. The molecule has 0 fully saturated rings. The van der Waals surface area contributed by atoms with Gasteiger partial charge in [0.1, 0.15) is 0 Å². The van der Waals surface area contributed by atoms with E-state index in [9.17, 15) is 0 Å². The fourth-order valence-corrected chi connectivity index (χ4v) is 0.289. The van der Waals surface area contributed by atoms with Crippen molar-refractivity contribution in [1.82, 2.24) is 0 Å². The molecule has 0 unspecified atom stereocenters. The van der Waals surface area contributed by atoms with Crippen molar-refractivity contribution in [2.75, 3.05) is 0 Å². The minimum atomic E-state index is 0. The van der Waals surface area contributed by atoms with Crippen molar-refractivity contribution in [2.24, 2.45) is 11.8 Å². The van der Waals surface area contributed by atoms with Crippen LogP contribution in [0.15, 0.2) is 0 Å². The van der Waals surface area contributed by atoms with Gasteiger partial charge in [-0.05, 0) is 11.8 Å².